The second-order valence-corrected chi connectivity index (χ2v) is 14.6. The maximum absolute atomic E-state index is 10.1. The molecule has 7 rings (SSSR count). The molecule has 4 heterocycles. The highest BCUT2D eigenvalue weighted by atomic mass is 32.1. The van der Waals surface area contributed by atoms with Crippen LogP contribution in [0.25, 0.3) is 0 Å². The summed E-state index contributed by atoms with van der Waals surface area (Å²) in [6.45, 7) is 6.27. The van der Waals surface area contributed by atoms with Crippen molar-refractivity contribution in [1.29, 1.82) is 10.7 Å². The number of hydrogen-bond donors (Lipinski definition) is 3. The number of aryl methyl sites for hydroxylation is 2. The Morgan fingerprint density at radius 1 is 1.19 bits per heavy atom. The number of nitrogens with one attached hydrogen (secondary N) is 2. The van der Waals surface area contributed by atoms with Crippen molar-refractivity contribution in [3.8, 4) is 6.07 Å². The van der Waals surface area contributed by atoms with E-state index in [0.717, 1.165) is 93.6 Å². The van der Waals surface area contributed by atoms with Gasteiger partial charge < -0.3 is 20.9 Å². The molecule has 2 saturated heterocycles. The first kappa shape index (κ1) is 28.0. The molecule has 5 aliphatic rings. The molecule has 3 fully saturated rings. The Morgan fingerprint density at radius 2 is 2.00 bits per heavy atom. The van der Waals surface area contributed by atoms with E-state index in [0.29, 0.717) is 28.1 Å². The van der Waals surface area contributed by atoms with Gasteiger partial charge in [-0.1, -0.05) is 5.57 Å². The third-order valence-electron chi connectivity index (χ3n) is 11.1. The predicted molar refractivity (Wildman–Crippen MR) is 170 cm³/mol. The summed E-state index contributed by atoms with van der Waals surface area (Å²) in [6, 6.07) is 5.26. The molecule has 42 heavy (non-hydrogen) atoms. The van der Waals surface area contributed by atoms with Crippen LogP contribution < -0.4 is 16.0 Å². The molecule has 4 N–H and O–H groups in total. The fraction of sp³-hybridized carbons (Fsp3) is 0.636. The van der Waals surface area contributed by atoms with Crippen LogP contribution >= 0.6 is 11.3 Å². The van der Waals surface area contributed by atoms with Crippen LogP contribution in [0.1, 0.15) is 98.7 Å². The van der Waals surface area contributed by atoms with E-state index in [1.807, 2.05) is 0 Å². The molecule has 8 nitrogen and oxygen atoms in total. The highest BCUT2D eigenvalue weighted by molar-refractivity contribution is 7.16. The summed E-state index contributed by atoms with van der Waals surface area (Å²) in [6.07, 6.45) is 12.9. The number of likely N-dealkylation sites (tertiary alicyclic amines) is 1. The zero-order valence-corrected chi connectivity index (χ0v) is 26.0. The van der Waals surface area contributed by atoms with Crippen LogP contribution in [0, 0.1) is 16.7 Å². The first-order chi connectivity index (χ1) is 20.3. The van der Waals surface area contributed by atoms with Crippen molar-refractivity contribution in [3.05, 3.63) is 44.7 Å². The highest BCUT2D eigenvalue weighted by Gasteiger charge is 2.47. The van der Waals surface area contributed by atoms with Gasteiger partial charge in [-0.25, -0.2) is 9.97 Å². The molecule has 0 radical (unpaired) electrons. The van der Waals surface area contributed by atoms with Crippen LogP contribution in [0.3, 0.4) is 0 Å². The SMILES string of the molecule is CC1=C(C(=N)c2nc(CC[C@@H]3CCCN3C)cc(N3CCNC4(CC4)C3)n2)CCC[C@@]12CCCc1sc(N)c(C#N)c12. The van der Waals surface area contributed by atoms with E-state index in [1.165, 1.54) is 42.7 Å². The van der Waals surface area contributed by atoms with E-state index in [2.05, 4.69) is 41.2 Å². The molecular formula is C33H44N8S. The van der Waals surface area contributed by atoms with E-state index in [1.54, 1.807) is 11.3 Å². The van der Waals surface area contributed by atoms with E-state index < -0.39 is 0 Å². The van der Waals surface area contributed by atoms with Crippen LogP contribution in [0.2, 0.25) is 0 Å². The van der Waals surface area contributed by atoms with Crippen LogP contribution in [0.4, 0.5) is 10.8 Å². The number of piperazine rings is 1. The minimum absolute atomic E-state index is 0.211. The Kier molecular flexibility index (Phi) is 7.15. The van der Waals surface area contributed by atoms with Crippen molar-refractivity contribution in [2.45, 2.75) is 101 Å². The van der Waals surface area contributed by atoms with Gasteiger partial charge in [0.1, 0.15) is 22.6 Å². The van der Waals surface area contributed by atoms with E-state index >= 15 is 0 Å². The molecule has 3 aliphatic carbocycles. The summed E-state index contributed by atoms with van der Waals surface area (Å²) in [5.74, 6) is 1.55. The quantitative estimate of drug-likeness (QED) is 0.404. The lowest BCUT2D eigenvalue weighted by molar-refractivity contribution is 0.296. The zero-order valence-electron chi connectivity index (χ0n) is 25.2. The molecule has 222 valence electrons. The number of nitrogens with two attached hydrogens (primary N) is 1. The van der Waals surface area contributed by atoms with Crippen LogP contribution in [0.15, 0.2) is 17.2 Å². The Labute approximate surface area is 253 Å². The Balaban J connectivity index is 1.26. The van der Waals surface area contributed by atoms with Gasteiger partial charge >= 0.3 is 0 Å². The van der Waals surface area contributed by atoms with Crippen molar-refractivity contribution in [1.82, 2.24) is 20.2 Å². The molecule has 9 heteroatoms. The Bertz CT molecular complexity index is 1480. The van der Waals surface area contributed by atoms with Gasteiger partial charge in [-0.05, 0) is 109 Å². The van der Waals surface area contributed by atoms with Crippen molar-refractivity contribution in [3.63, 3.8) is 0 Å². The summed E-state index contributed by atoms with van der Waals surface area (Å²) in [5, 5.41) is 24.0. The van der Waals surface area contributed by atoms with Crippen LogP contribution in [-0.2, 0) is 18.3 Å². The molecule has 0 bridgehead atoms. The number of nitrogens with zero attached hydrogens (tertiary/aromatic N) is 5. The minimum Gasteiger partial charge on any atom is -0.389 e. The van der Waals surface area contributed by atoms with E-state index in [9.17, 15) is 10.7 Å². The zero-order chi connectivity index (χ0) is 29.1. The lowest BCUT2D eigenvalue weighted by Gasteiger charge is -2.43. The lowest BCUT2D eigenvalue weighted by Crippen LogP contribution is -2.52. The third-order valence-corrected chi connectivity index (χ3v) is 12.1. The van der Waals surface area contributed by atoms with Gasteiger partial charge in [-0.3, -0.25) is 5.41 Å². The van der Waals surface area contributed by atoms with Crippen molar-refractivity contribution < 1.29 is 0 Å². The van der Waals surface area contributed by atoms with Gasteiger partial charge in [0.25, 0.3) is 0 Å². The number of fused-ring (bicyclic) bond motifs is 2. The van der Waals surface area contributed by atoms with Crippen molar-refractivity contribution >= 4 is 27.9 Å². The summed E-state index contributed by atoms with van der Waals surface area (Å²) in [5.41, 5.74) is 12.1. The monoisotopic (exact) mass is 584 g/mol. The highest BCUT2D eigenvalue weighted by Crippen LogP contribution is 2.54. The van der Waals surface area contributed by atoms with E-state index in [-0.39, 0.29) is 11.0 Å². The summed E-state index contributed by atoms with van der Waals surface area (Å²) < 4.78 is 0. The number of aromatic nitrogens is 2. The number of nitrogen functional groups attached to an aromatic ring is 1. The maximum Gasteiger partial charge on any atom is 0.179 e. The third kappa shape index (κ3) is 4.76. The van der Waals surface area contributed by atoms with Gasteiger partial charge in [0, 0.05) is 53.3 Å². The molecule has 2 spiro atoms. The van der Waals surface area contributed by atoms with Crippen LogP contribution in [-0.4, -0.2) is 65.4 Å². The fourth-order valence-electron chi connectivity index (χ4n) is 8.45. The van der Waals surface area contributed by atoms with Gasteiger partial charge in [0.15, 0.2) is 5.82 Å². The molecule has 2 aromatic heterocycles. The number of rotatable bonds is 6. The van der Waals surface area contributed by atoms with Gasteiger partial charge in [-0.2, -0.15) is 5.26 Å². The molecule has 0 aromatic carbocycles. The summed E-state index contributed by atoms with van der Waals surface area (Å²) in [4.78, 5) is 16.4. The van der Waals surface area contributed by atoms with Crippen molar-refractivity contribution in [2.24, 2.45) is 0 Å². The van der Waals surface area contributed by atoms with E-state index in [4.69, 9.17) is 15.7 Å². The Hall–Kier alpha value is -2.80. The maximum atomic E-state index is 10.1. The first-order valence-corrected chi connectivity index (χ1v) is 16.8. The second-order valence-electron chi connectivity index (χ2n) is 13.5. The lowest BCUT2D eigenvalue weighted by atomic mass is 9.60. The average Bonchev–Trinajstić information content (AvgIpc) is 3.44. The largest absolute Gasteiger partial charge is 0.389 e. The Morgan fingerprint density at radius 3 is 2.74 bits per heavy atom. The fourth-order valence-corrected chi connectivity index (χ4v) is 9.61. The number of hydrogen-bond acceptors (Lipinski definition) is 9. The number of anilines is 2. The molecule has 0 amide bonds. The van der Waals surface area contributed by atoms with Gasteiger partial charge in [0.2, 0.25) is 0 Å². The normalized spacial score (nSPS) is 27.0. The molecule has 2 atom stereocenters. The average molecular weight is 585 g/mol. The summed E-state index contributed by atoms with van der Waals surface area (Å²) in [7, 11) is 2.24. The molecule has 2 aliphatic heterocycles. The van der Waals surface area contributed by atoms with Gasteiger partial charge in [0.05, 0.1) is 5.56 Å². The topological polar surface area (TPSA) is 118 Å². The standard InChI is InChI=1S/C33H44N8S/c1-21-24(7-3-11-33(21)12-4-8-26-28(33)25(19-34)30(36)42-26)29(35)31-38-22(9-10-23-6-5-16-40(23)2)18-27(39-31)41-17-15-37-32(20-41)13-14-32/h18,23,35,37H,3-17,20,36H2,1-2H3/t23-,33+/m0/s1. The number of allylic oxidation sites excluding steroid dienone is 2. The first-order valence-electron chi connectivity index (χ1n) is 16.0. The molecular weight excluding hydrogens is 540 g/mol. The second kappa shape index (κ2) is 10.7. The van der Waals surface area contributed by atoms with Crippen molar-refractivity contribution in [2.75, 3.05) is 43.9 Å². The number of thiophene rings is 1. The molecule has 1 saturated carbocycles. The van der Waals surface area contributed by atoms with Crippen LogP contribution in [0.5, 0.6) is 0 Å². The summed E-state index contributed by atoms with van der Waals surface area (Å²) >= 11 is 1.60. The predicted octanol–water partition coefficient (Wildman–Crippen LogP) is 5.10. The smallest absolute Gasteiger partial charge is 0.179 e. The molecule has 2 aromatic rings. The molecule has 0 unspecified atom stereocenters. The number of nitriles is 1. The minimum atomic E-state index is -0.211. The van der Waals surface area contributed by atoms with Gasteiger partial charge in [-0.15, -0.1) is 11.3 Å².